The quantitative estimate of drug-likeness (QED) is 0.373. The summed E-state index contributed by atoms with van der Waals surface area (Å²) < 4.78 is 10.4. The summed E-state index contributed by atoms with van der Waals surface area (Å²) >= 11 is 10.4. The molecule has 0 spiro atoms. The van der Waals surface area contributed by atoms with Crippen molar-refractivity contribution < 1.29 is 28.7 Å². The van der Waals surface area contributed by atoms with Gasteiger partial charge in [-0.05, 0) is 69.0 Å². The summed E-state index contributed by atoms with van der Waals surface area (Å²) in [4.78, 5) is 52.4. The molecular formula is C24H20BrClN2O6S. The lowest BCUT2D eigenvalue weighted by molar-refractivity contribution is -0.143. The first-order chi connectivity index (χ1) is 16.8. The summed E-state index contributed by atoms with van der Waals surface area (Å²) in [6.45, 7) is 0.370. The number of esters is 1. The zero-order valence-electron chi connectivity index (χ0n) is 18.6. The van der Waals surface area contributed by atoms with Crippen LogP contribution in [0, 0.1) is 0 Å². The Morgan fingerprint density at radius 2 is 1.94 bits per heavy atom. The molecule has 2 heterocycles. The second-order valence-electron chi connectivity index (χ2n) is 7.78. The van der Waals surface area contributed by atoms with Gasteiger partial charge in [0, 0.05) is 13.1 Å². The van der Waals surface area contributed by atoms with Gasteiger partial charge in [-0.1, -0.05) is 35.9 Å². The Balaban J connectivity index is 1.44. The Bertz CT molecular complexity index is 1230. The second-order valence-corrected chi connectivity index (χ2v) is 10.0. The fourth-order valence-corrected chi connectivity index (χ4v) is 5.55. The maximum atomic E-state index is 12.9. The van der Waals surface area contributed by atoms with Crippen molar-refractivity contribution in [2.45, 2.75) is 13.0 Å². The number of nitrogens with zero attached hydrogens (tertiary/aromatic N) is 2. The third kappa shape index (κ3) is 5.71. The van der Waals surface area contributed by atoms with E-state index in [2.05, 4.69) is 20.7 Å². The lowest BCUT2D eigenvalue weighted by atomic mass is 10.00. The fourth-order valence-electron chi connectivity index (χ4n) is 3.72. The van der Waals surface area contributed by atoms with E-state index in [-0.39, 0.29) is 34.7 Å². The molecule has 0 atom stereocenters. The molecule has 0 saturated carbocycles. The van der Waals surface area contributed by atoms with Crippen molar-refractivity contribution in [3.8, 4) is 5.75 Å². The molecule has 0 N–H and O–H groups in total. The maximum absolute atomic E-state index is 12.9. The molecule has 1 fully saturated rings. The van der Waals surface area contributed by atoms with Crippen LogP contribution in [0.15, 0.2) is 45.8 Å². The van der Waals surface area contributed by atoms with Crippen LogP contribution in [0.3, 0.4) is 0 Å². The molecule has 0 aromatic heterocycles. The standard InChI is InChI=1S/C24H20BrClN2O6S/c1-33-21(30)13-34-22-17(25)8-14(9-18(22)26)10-19-23(31)28(24(32)35-19)12-20(29)27-7-6-15-4-2-3-5-16(15)11-27/h2-5,8-10H,6-7,11-13H2,1H3/b19-10-. The number of amides is 3. The summed E-state index contributed by atoms with van der Waals surface area (Å²) in [6, 6.07) is 11.1. The van der Waals surface area contributed by atoms with Crippen LogP contribution < -0.4 is 4.74 Å². The van der Waals surface area contributed by atoms with Crippen molar-refractivity contribution >= 4 is 68.4 Å². The molecule has 0 radical (unpaired) electrons. The third-order valence-electron chi connectivity index (χ3n) is 5.53. The number of carbonyl (C=O) groups excluding carboxylic acids is 4. The molecule has 1 saturated heterocycles. The summed E-state index contributed by atoms with van der Waals surface area (Å²) in [6.07, 6.45) is 2.26. The number of ether oxygens (including phenoxy) is 2. The molecule has 182 valence electrons. The van der Waals surface area contributed by atoms with Gasteiger partial charge in [-0.15, -0.1) is 0 Å². The zero-order chi connectivity index (χ0) is 25.1. The van der Waals surface area contributed by atoms with Crippen LogP contribution in [0.2, 0.25) is 5.02 Å². The first-order valence-corrected chi connectivity index (χ1v) is 12.5. The van der Waals surface area contributed by atoms with Gasteiger partial charge in [0.25, 0.3) is 11.1 Å². The van der Waals surface area contributed by atoms with E-state index in [1.54, 1.807) is 17.0 Å². The van der Waals surface area contributed by atoms with Crippen LogP contribution >= 0.6 is 39.3 Å². The van der Waals surface area contributed by atoms with E-state index in [9.17, 15) is 19.2 Å². The van der Waals surface area contributed by atoms with Crippen LogP contribution in [-0.4, -0.2) is 59.6 Å². The van der Waals surface area contributed by atoms with Gasteiger partial charge >= 0.3 is 5.97 Å². The highest BCUT2D eigenvalue weighted by Crippen LogP contribution is 2.37. The molecule has 8 nitrogen and oxygen atoms in total. The minimum absolute atomic E-state index is 0.179. The van der Waals surface area contributed by atoms with E-state index in [0.29, 0.717) is 23.1 Å². The molecule has 4 rings (SSSR count). The molecule has 0 bridgehead atoms. The first-order valence-electron chi connectivity index (χ1n) is 10.6. The number of fused-ring (bicyclic) bond motifs is 1. The highest BCUT2D eigenvalue weighted by atomic mass is 79.9. The van der Waals surface area contributed by atoms with Gasteiger partial charge in [0.1, 0.15) is 6.54 Å². The van der Waals surface area contributed by atoms with Gasteiger partial charge in [-0.3, -0.25) is 19.3 Å². The van der Waals surface area contributed by atoms with E-state index in [1.165, 1.54) is 18.7 Å². The molecule has 0 unspecified atom stereocenters. The van der Waals surface area contributed by atoms with Crippen LogP contribution in [0.25, 0.3) is 6.08 Å². The first kappa shape index (κ1) is 25.3. The maximum Gasteiger partial charge on any atom is 0.343 e. The number of halogens is 2. The molecule has 2 aromatic carbocycles. The van der Waals surface area contributed by atoms with E-state index in [4.69, 9.17) is 16.3 Å². The molecule has 2 aliphatic heterocycles. The Labute approximate surface area is 219 Å². The van der Waals surface area contributed by atoms with Crippen LogP contribution in [0.4, 0.5) is 4.79 Å². The van der Waals surface area contributed by atoms with Crippen molar-refractivity contribution in [1.29, 1.82) is 0 Å². The number of methoxy groups -OCH3 is 1. The van der Waals surface area contributed by atoms with Crippen LogP contribution in [0.1, 0.15) is 16.7 Å². The smallest absolute Gasteiger partial charge is 0.343 e. The van der Waals surface area contributed by atoms with Gasteiger partial charge in [-0.25, -0.2) is 4.79 Å². The Hall–Kier alpha value is -2.82. The number of thioether (sulfide) groups is 1. The highest BCUT2D eigenvalue weighted by molar-refractivity contribution is 9.10. The van der Waals surface area contributed by atoms with Crippen molar-refractivity contribution in [3.63, 3.8) is 0 Å². The largest absolute Gasteiger partial charge is 0.479 e. The predicted octanol–water partition coefficient (Wildman–Crippen LogP) is 4.28. The molecule has 35 heavy (non-hydrogen) atoms. The molecule has 0 aliphatic carbocycles. The van der Waals surface area contributed by atoms with Crippen molar-refractivity contribution in [3.05, 3.63) is 67.5 Å². The molecular weight excluding hydrogens is 560 g/mol. The molecule has 2 aromatic rings. The number of hydrogen-bond donors (Lipinski definition) is 0. The van der Waals surface area contributed by atoms with Gasteiger partial charge in [0.05, 0.1) is 21.5 Å². The minimum atomic E-state index is -0.561. The highest BCUT2D eigenvalue weighted by Gasteiger charge is 2.37. The van der Waals surface area contributed by atoms with Gasteiger partial charge < -0.3 is 14.4 Å². The van der Waals surface area contributed by atoms with E-state index < -0.39 is 17.1 Å². The normalized spacial score (nSPS) is 16.5. The number of benzene rings is 2. The summed E-state index contributed by atoms with van der Waals surface area (Å²) in [5.41, 5.74) is 2.82. The average molecular weight is 580 g/mol. The summed E-state index contributed by atoms with van der Waals surface area (Å²) in [7, 11) is 1.25. The van der Waals surface area contributed by atoms with Crippen molar-refractivity contribution in [2.24, 2.45) is 0 Å². The SMILES string of the molecule is COC(=O)COc1c(Cl)cc(/C=C2\SC(=O)N(CC(=O)N3CCc4ccccc4C3)C2=O)cc1Br. The molecule has 2 aliphatic rings. The number of imide groups is 1. The lowest BCUT2D eigenvalue weighted by Crippen LogP contribution is -2.44. The molecule has 3 amide bonds. The van der Waals surface area contributed by atoms with Crippen molar-refractivity contribution in [2.75, 3.05) is 26.8 Å². The third-order valence-corrected chi connectivity index (χ3v) is 7.31. The van der Waals surface area contributed by atoms with Gasteiger partial charge in [-0.2, -0.15) is 0 Å². The summed E-state index contributed by atoms with van der Waals surface area (Å²) in [5.74, 6) is -1.13. The van der Waals surface area contributed by atoms with Gasteiger partial charge in [0.2, 0.25) is 5.91 Å². The number of hydrogen-bond acceptors (Lipinski definition) is 7. The Morgan fingerprint density at radius 3 is 2.66 bits per heavy atom. The lowest BCUT2D eigenvalue weighted by Gasteiger charge is -2.29. The number of carbonyl (C=O) groups is 4. The predicted molar refractivity (Wildman–Crippen MR) is 135 cm³/mol. The van der Waals surface area contributed by atoms with E-state index in [1.807, 2.05) is 24.3 Å². The van der Waals surface area contributed by atoms with Crippen molar-refractivity contribution in [1.82, 2.24) is 9.80 Å². The van der Waals surface area contributed by atoms with E-state index >= 15 is 0 Å². The van der Waals surface area contributed by atoms with E-state index in [0.717, 1.165) is 28.6 Å². The Morgan fingerprint density at radius 1 is 1.20 bits per heavy atom. The Kier molecular flexibility index (Phi) is 7.83. The minimum Gasteiger partial charge on any atom is -0.479 e. The summed E-state index contributed by atoms with van der Waals surface area (Å²) in [5, 5.41) is -0.301. The average Bonchev–Trinajstić information content (AvgIpc) is 3.10. The number of rotatable bonds is 6. The second kappa shape index (κ2) is 10.8. The van der Waals surface area contributed by atoms with Crippen LogP contribution in [0.5, 0.6) is 5.75 Å². The zero-order valence-corrected chi connectivity index (χ0v) is 21.7. The van der Waals surface area contributed by atoms with Gasteiger partial charge in [0.15, 0.2) is 12.4 Å². The molecule has 11 heteroatoms. The van der Waals surface area contributed by atoms with Crippen LogP contribution in [-0.2, 0) is 32.1 Å². The topological polar surface area (TPSA) is 93.2 Å². The monoisotopic (exact) mass is 578 g/mol. The fraction of sp³-hybridized carbons (Fsp3) is 0.250.